The number of anilines is 2. The molecule has 2 N–H and O–H groups in total. The van der Waals surface area contributed by atoms with Crippen LogP contribution in [0, 0.1) is 13.8 Å². The lowest BCUT2D eigenvalue weighted by molar-refractivity contribution is -0.114. The molecule has 0 spiro atoms. The molecule has 2 rings (SSSR count). The summed E-state index contributed by atoms with van der Waals surface area (Å²) in [6, 6.07) is 11.4. The molecule has 19 heavy (non-hydrogen) atoms. The van der Waals surface area contributed by atoms with E-state index in [1.165, 1.54) is 0 Å². The number of para-hydroxylation sites is 1. The van der Waals surface area contributed by atoms with E-state index in [0.717, 1.165) is 16.8 Å². The van der Waals surface area contributed by atoms with E-state index in [-0.39, 0.29) is 12.5 Å². The van der Waals surface area contributed by atoms with Gasteiger partial charge < -0.3 is 10.6 Å². The van der Waals surface area contributed by atoms with Crippen molar-refractivity contribution < 1.29 is 4.79 Å². The molecule has 1 amide bonds. The topological polar surface area (TPSA) is 54.0 Å². The second-order valence-corrected chi connectivity index (χ2v) is 4.38. The lowest BCUT2D eigenvalue weighted by Crippen LogP contribution is -2.22. The van der Waals surface area contributed by atoms with E-state index in [9.17, 15) is 4.79 Å². The van der Waals surface area contributed by atoms with Crippen LogP contribution in [0.4, 0.5) is 11.5 Å². The van der Waals surface area contributed by atoms with Gasteiger partial charge >= 0.3 is 0 Å². The number of carbonyl (C=O) groups excluding carboxylic acids is 1. The number of nitrogens with zero attached hydrogens (tertiary/aromatic N) is 1. The van der Waals surface area contributed by atoms with E-state index >= 15 is 0 Å². The van der Waals surface area contributed by atoms with Crippen molar-refractivity contribution in [2.45, 2.75) is 13.8 Å². The fourth-order valence-electron chi connectivity index (χ4n) is 1.89. The first-order chi connectivity index (χ1) is 9.16. The molecule has 0 saturated heterocycles. The van der Waals surface area contributed by atoms with Gasteiger partial charge in [0.1, 0.15) is 5.82 Å². The zero-order valence-corrected chi connectivity index (χ0v) is 11.1. The molecule has 1 aromatic carbocycles. The normalized spacial score (nSPS) is 10.0. The van der Waals surface area contributed by atoms with Crippen LogP contribution in [-0.4, -0.2) is 17.4 Å². The average Bonchev–Trinajstić information content (AvgIpc) is 2.39. The third-order valence-electron chi connectivity index (χ3n) is 2.84. The first-order valence-electron chi connectivity index (χ1n) is 6.18. The average molecular weight is 255 g/mol. The zero-order valence-electron chi connectivity index (χ0n) is 11.1. The summed E-state index contributed by atoms with van der Waals surface area (Å²) in [6.45, 7) is 4.26. The number of amides is 1. The van der Waals surface area contributed by atoms with E-state index in [0.29, 0.717) is 5.82 Å². The molecule has 0 atom stereocenters. The molecule has 98 valence electrons. The maximum Gasteiger partial charge on any atom is 0.244 e. The monoisotopic (exact) mass is 255 g/mol. The molecule has 0 saturated carbocycles. The molecule has 4 nitrogen and oxygen atoms in total. The van der Waals surface area contributed by atoms with Gasteiger partial charge in [0, 0.05) is 11.9 Å². The number of pyridine rings is 1. The van der Waals surface area contributed by atoms with Crippen LogP contribution in [0.1, 0.15) is 11.1 Å². The fourth-order valence-corrected chi connectivity index (χ4v) is 1.89. The maximum atomic E-state index is 11.8. The molecule has 0 fully saturated rings. The van der Waals surface area contributed by atoms with Crippen LogP contribution in [0.25, 0.3) is 0 Å². The van der Waals surface area contributed by atoms with Crippen molar-refractivity contribution in [3.63, 3.8) is 0 Å². The van der Waals surface area contributed by atoms with Crippen molar-refractivity contribution in [3.8, 4) is 0 Å². The van der Waals surface area contributed by atoms with Gasteiger partial charge in [0.2, 0.25) is 5.91 Å². The molecule has 4 heteroatoms. The lowest BCUT2D eigenvalue weighted by atomic mass is 10.1. The van der Waals surface area contributed by atoms with Crippen LogP contribution in [0.3, 0.4) is 0 Å². The number of hydrogen-bond acceptors (Lipinski definition) is 3. The molecule has 0 bridgehead atoms. The summed E-state index contributed by atoms with van der Waals surface area (Å²) in [7, 11) is 0. The summed E-state index contributed by atoms with van der Waals surface area (Å²) in [5, 5.41) is 5.90. The van der Waals surface area contributed by atoms with Crippen molar-refractivity contribution in [1.82, 2.24) is 4.98 Å². The first-order valence-corrected chi connectivity index (χ1v) is 6.18. The highest BCUT2D eigenvalue weighted by molar-refractivity contribution is 5.93. The second-order valence-electron chi connectivity index (χ2n) is 4.38. The largest absolute Gasteiger partial charge is 0.376 e. The number of aromatic nitrogens is 1. The predicted molar refractivity (Wildman–Crippen MR) is 77.3 cm³/mol. The van der Waals surface area contributed by atoms with E-state index in [1.54, 1.807) is 12.3 Å². The maximum absolute atomic E-state index is 11.8. The van der Waals surface area contributed by atoms with E-state index in [2.05, 4.69) is 15.6 Å². The minimum Gasteiger partial charge on any atom is -0.376 e. The van der Waals surface area contributed by atoms with Gasteiger partial charge in [-0.15, -0.1) is 0 Å². The highest BCUT2D eigenvalue weighted by Gasteiger charge is 2.05. The Labute approximate surface area is 112 Å². The molecule has 0 radical (unpaired) electrons. The van der Waals surface area contributed by atoms with Gasteiger partial charge in [-0.3, -0.25) is 4.79 Å². The zero-order chi connectivity index (χ0) is 13.7. The molecule has 0 aliphatic rings. The summed E-state index contributed by atoms with van der Waals surface area (Å²) in [5.41, 5.74) is 3.27. The Morgan fingerprint density at radius 3 is 2.47 bits per heavy atom. The van der Waals surface area contributed by atoms with Crippen LogP contribution < -0.4 is 10.6 Å². The van der Waals surface area contributed by atoms with E-state index in [4.69, 9.17) is 0 Å². The Hall–Kier alpha value is -2.36. The van der Waals surface area contributed by atoms with E-state index in [1.807, 2.05) is 44.2 Å². The minimum absolute atomic E-state index is 0.110. The van der Waals surface area contributed by atoms with Crippen molar-refractivity contribution in [3.05, 3.63) is 53.7 Å². The predicted octanol–water partition coefficient (Wildman–Crippen LogP) is 2.75. The quantitative estimate of drug-likeness (QED) is 0.883. The van der Waals surface area contributed by atoms with Gasteiger partial charge in [-0.2, -0.15) is 0 Å². The molecule has 2 aromatic rings. The molecular weight excluding hydrogens is 238 g/mol. The Morgan fingerprint density at radius 1 is 1.11 bits per heavy atom. The molecule has 0 aliphatic carbocycles. The summed E-state index contributed by atoms with van der Waals surface area (Å²) in [5.74, 6) is 0.456. The number of carbonyl (C=O) groups is 1. The van der Waals surface area contributed by atoms with Crippen molar-refractivity contribution in [2.75, 3.05) is 17.2 Å². The number of hydrogen-bond donors (Lipinski definition) is 2. The molecule has 1 heterocycles. The highest BCUT2D eigenvalue weighted by atomic mass is 16.1. The second kappa shape index (κ2) is 6.00. The third-order valence-corrected chi connectivity index (χ3v) is 2.84. The Kier molecular flexibility index (Phi) is 4.13. The molecule has 1 aromatic heterocycles. The Bertz CT molecular complexity index is 547. The van der Waals surface area contributed by atoms with Gasteiger partial charge in [0.05, 0.1) is 6.54 Å². The van der Waals surface area contributed by atoms with E-state index < -0.39 is 0 Å². The van der Waals surface area contributed by atoms with Crippen LogP contribution in [0.2, 0.25) is 0 Å². The number of rotatable bonds is 4. The van der Waals surface area contributed by atoms with Gasteiger partial charge in [-0.25, -0.2) is 4.98 Å². The summed E-state index contributed by atoms with van der Waals surface area (Å²) in [6.07, 6.45) is 1.65. The van der Waals surface area contributed by atoms with Crippen molar-refractivity contribution in [2.24, 2.45) is 0 Å². The van der Waals surface area contributed by atoms with Crippen molar-refractivity contribution >= 4 is 17.4 Å². The molecular formula is C15H17N3O. The standard InChI is InChI=1S/C15H17N3O/c1-11-6-5-7-12(2)15(11)17-10-14(19)18-13-8-3-4-9-16-13/h3-9,17H,10H2,1-2H3,(H,16,18,19). The number of aryl methyl sites for hydroxylation is 2. The number of nitrogens with one attached hydrogen (secondary N) is 2. The van der Waals surface area contributed by atoms with Gasteiger partial charge in [-0.1, -0.05) is 24.3 Å². The fraction of sp³-hybridized carbons (Fsp3) is 0.200. The van der Waals surface area contributed by atoms with Crippen LogP contribution in [0.15, 0.2) is 42.6 Å². The van der Waals surface area contributed by atoms with Crippen molar-refractivity contribution in [1.29, 1.82) is 0 Å². The Morgan fingerprint density at radius 2 is 1.84 bits per heavy atom. The summed E-state index contributed by atoms with van der Waals surface area (Å²) < 4.78 is 0. The van der Waals surface area contributed by atoms with Gasteiger partial charge in [-0.05, 0) is 37.1 Å². The molecule has 0 unspecified atom stereocenters. The lowest BCUT2D eigenvalue weighted by Gasteiger charge is -2.12. The minimum atomic E-state index is -0.110. The first kappa shape index (κ1) is 13.1. The Balaban J connectivity index is 1.94. The molecule has 0 aliphatic heterocycles. The smallest absolute Gasteiger partial charge is 0.244 e. The number of benzene rings is 1. The van der Waals surface area contributed by atoms with Crippen LogP contribution >= 0.6 is 0 Å². The highest BCUT2D eigenvalue weighted by Crippen LogP contribution is 2.18. The summed E-state index contributed by atoms with van der Waals surface area (Å²) in [4.78, 5) is 15.8. The summed E-state index contributed by atoms with van der Waals surface area (Å²) >= 11 is 0. The van der Waals surface area contributed by atoms with Crippen LogP contribution in [-0.2, 0) is 4.79 Å². The SMILES string of the molecule is Cc1cccc(C)c1NCC(=O)Nc1ccccn1. The van der Waals surface area contributed by atoms with Gasteiger partial charge in [0.15, 0.2) is 0 Å². The third kappa shape index (κ3) is 3.55. The van der Waals surface area contributed by atoms with Crippen LogP contribution in [0.5, 0.6) is 0 Å². The van der Waals surface area contributed by atoms with Gasteiger partial charge in [0.25, 0.3) is 0 Å².